The van der Waals surface area contributed by atoms with Gasteiger partial charge in [0, 0.05) is 18.0 Å². The fourth-order valence-corrected chi connectivity index (χ4v) is 3.20. The third-order valence-corrected chi connectivity index (χ3v) is 4.43. The number of carbonyl (C=O) groups excluding carboxylic acids is 1. The van der Waals surface area contributed by atoms with Crippen LogP contribution in [0.3, 0.4) is 0 Å². The van der Waals surface area contributed by atoms with E-state index in [4.69, 9.17) is 4.42 Å². The number of furan rings is 1. The van der Waals surface area contributed by atoms with Crippen LogP contribution >= 0.6 is 11.3 Å². The minimum atomic E-state index is -1.08. The first-order valence-electron chi connectivity index (χ1n) is 7.12. The zero-order valence-corrected chi connectivity index (χ0v) is 13.4. The van der Waals surface area contributed by atoms with Crippen molar-refractivity contribution >= 4 is 17.2 Å². The molecule has 0 aromatic carbocycles. The summed E-state index contributed by atoms with van der Waals surface area (Å²) in [6.45, 7) is 4.53. The van der Waals surface area contributed by atoms with Crippen molar-refractivity contribution in [1.82, 2.24) is 4.90 Å². The van der Waals surface area contributed by atoms with E-state index in [9.17, 15) is 9.90 Å². The Morgan fingerprint density at radius 1 is 1.41 bits per heavy atom. The van der Waals surface area contributed by atoms with Gasteiger partial charge in [-0.05, 0) is 55.3 Å². The highest BCUT2D eigenvalue weighted by atomic mass is 32.1. The summed E-state index contributed by atoms with van der Waals surface area (Å²) in [5, 5.41) is 11.6. The Morgan fingerprint density at radius 3 is 3.00 bits per heavy atom. The molecule has 1 amide bonds. The molecule has 4 nitrogen and oxygen atoms in total. The third-order valence-electron chi connectivity index (χ3n) is 3.40. The average Bonchev–Trinajstić information content (AvgIpc) is 3.11. The molecule has 22 heavy (non-hydrogen) atoms. The van der Waals surface area contributed by atoms with Crippen molar-refractivity contribution in [2.75, 3.05) is 6.54 Å². The fourth-order valence-electron chi connectivity index (χ4n) is 2.31. The molecule has 2 aromatic rings. The summed E-state index contributed by atoms with van der Waals surface area (Å²) < 4.78 is 5.49. The summed E-state index contributed by atoms with van der Waals surface area (Å²) in [5.74, 6) is 5.97. The molecule has 0 fully saturated rings. The highest BCUT2D eigenvalue weighted by molar-refractivity contribution is 7.10. The van der Waals surface area contributed by atoms with Crippen LogP contribution in [0.25, 0.3) is 0 Å². The van der Waals surface area contributed by atoms with Gasteiger partial charge in [0.2, 0.25) is 0 Å². The van der Waals surface area contributed by atoms with E-state index in [1.165, 1.54) is 10.4 Å². The number of rotatable bonds is 1. The summed E-state index contributed by atoms with van der Waals surface area (Å²) >= 11 is 1.74. The van der Waals surface area contributed by atoms with E-state index in [1.54, 1.807) is 42.2 Å². The quantitative estimate of drug-likeness (QED) is 0.823. The number of carbonyl (C=O) groups is 1. The molecule has 0 radical (unpaired) electrons. The van der Waals surface area contributed by atoms with Crippen LogP contribution in [-0.2, 0) is 13.0 Å². The van der Waals surface area contributed by atoms with Crippen molar-refractivity contribution < 1.29 is 14.3 Å². The van der Waals surface area contributed by atoms with Crippen LogP contribution in [0.2, 0.25) is 0 Å². The van der Waals surface area contributed by atoms with Gasteiger partial charge in [-0.3, -0.25) is 4.79 Å². The van der Waals surface area contributed by atoms with E-state index < -0.39 is 5.60 Å². The monoisotopic (exact) mass is 315 g/mol. The molecule has 114 valence electrons. The van der Waals surface area contributed by atoms with Gasteiger partial charge >= 0.3 is 0 Å². The number of nitrogens with zero attached hydrogens (tertiary/aromatic N) is 1. The maximum Gasteiger partial charge on any atom is 0.289 e. The summed E-state index contributed by atoms with van der Waals surface area (Å²) in [6, 6.07) is 5.37. The number of thiophene rings is 1. The minimum Gasteiger partial charge on any atom is -0.443 e. The molecule has 1 aliphatic rings. The first-order chi connectivity index (χ1) is 10.4. The van der Waals surface area contributed by atoms with Crippen molar-refractivity contribution in [2.45, 2.75) is 32.4 Å². The molecule has 0 unspecified atom stereocenters. The Kier molecular flexibility index (Phi) is 3.81. The number of fused-ring (bicyclic) bond motifs is 1. The lowest BCUT2D eigenvalue weighted by atomic mass is 10.1. The Labute approximate surface area is 133 Å². The van der Waals surface area contributed by atoms with Crippen LogP contribution in [0.1, 0.15) is 40.6 Å². The van der Waals surface area contributed by atoms with E-state index in [2.05, 4.69) is 23.3 Å². The summed E-state index contributed by atoms with van der Waals surface area (Å²) in [7, 11) is 0. The van der Waals surface area contributed by atoms with Crippen LogP contribution in [0.15, 0.2) is 28.0 Å². The van der Waals surface area contributed by atoms with E-state index in [0.29, 0.717) is 24.6 Å². The van der Waals surface area contributed by atoms with Gasteiger partial charge in [-0.15, -0.1) is 11.3 Å². The molecule has 1 aliphatic heterocycles. The van der Waals surface area contributed by atoms with E-state index >= 15 is 0 Å². The molecule has 0 aliphatic carbocycles. The van der Waals surface area contributed by atoms with E-state index in [-0.39, 0.29) is 5.91 Å². The normalized spacial score (nSPS) is 14.2. The second kappa shape index (κ2) is 5.64. The van der Waals surface area contributed by atoms with Crippen LogP contribution < -0.4 is 0 Å². The van der Waals surface area contributed by atoms with Crippen LogP contribution in [0, 0.1) is 11.8 Å². The van der Waals surface area contributed by atoms with Crippen LogP contribution in [0.5, 0.6) is 0 Å². The smallest absolute Gasteiger partial charge is 0.289 e. The van der Waals surface area contributed by atoms with Crippen molar-refractivity contribution in [3.63, 3.8) is 0 Å². The zero-order chi connectivity index (χ0) is 15.7. The second-order valence-corrected chi connectivity index (χ2v) is 6.82. The van der Waals surface area contributed by atoms with Gasteiger partial charge < -0.3 is 14.4 Å². The van der Waals surface area contributed by atoms with Gasteiger partial charge in [0.1, 0.15) is 5.60 Å². The van der Waals surface area contributed by atoms with Gasteiger partial charge in [-0.1, -0.05) is 5.92 Å². The summed E-state index contributed by atoms with van der Waals surface area (Å²) in [4.78, 5) is 15.6. The Bertz CT molecular complexity index is 755. The fraction of sp³-hybridized carbons (Fsp3) is 0.353. The zero-order valence-electron chi connectivity index (χ0n) is 12.5. The lowest BCUT2D eigenvalue weighted by Gasteiger charge is -2.26. The lowest BCUT2D eigenvalue weighted by Crippen LogP contribution is -2.35. The standard InChI is InChI=1S/C17H17NO3S/c1-17(2,20)8-5-13-3-4-14(21-13)16(19)18-9-6-15-12(11-18)7-10-22-15/h3-4,7,10,20H,6,9,11H2,1-2H3. The van der Waals surface area contributed by atoms with Gasteiger partial charge in [-0.25, -0.2) is 0 Å². The molecular formula is C17H17NO3S. The van der Waals surface area contributed by atoms with Crippen molar-refractivity contribution in [3.05, 3.63) is 45.5 Å². The molecule has 3 rings (SSSR count). The molecule has 3 heterocycles. The lowest BCUT2D eigenvalue weighted by molar-refractivity contribution is 0.0703. The maximum atomic E-state index is 12.5. The first-order valence-corrected chi connectivity index (χ1v) is 8.00. The van der Waals surface area contributed by atoms with Gasteiger partial charge in [-0.2, -0.15) is 0 Å². The Balaban J connectivity index is 1.74. The second-order valence-electron chi connectivity index (χ2n) is 5.82. The topological polar surface area (TPSA) is 53.7 Å². The Hall–Kier alpha value is -2.03. The Morgan fingerprint density at radius 2 is 2.23 bits per heavy atom. The summed E-state index contributed by atoms with van der Waals surface area (Å²) in [6.07, 6.45) is 0.894. The molecule has 5 heteroatoms. The SMILES string of the molecule is CC(C)(O)C#Cc1ccc(C(=O)N2CCc3sccc3C2)o1. The molecule has 0 bridgehead atoms. The maximum absolute atomic E-state index is 12.5. The van der Waals surface area contributed by atoms with Crippen molar-refractivity contribution in [2.24, 2.45) is 0 Å². The molecule has 2 aromatic heterocycles. The molecule has 0 saturated heterocycles. The number of aliphatic hydroxyl groups is 1. The average molecular weight is 315 g/mol. The largest absolute Gasteiger partial charge is 0.443 e. The minimum absolute atomic E-state index is 0.117. The third kappa shape index (κ3) is 3.24. The predicted octanol–water partition coefficient (Wildman–Crippen LogP) is 2.66. The molecule has 0 spiro atoms. The number of hydrogen-bond acceptors (Lipinski definition) is 4. The van der Waals surface area contributed by atoms with Gasteiger partial charge in [0.25, 0.3) is 5.91 Å². The van der Waals surface area contributed by atoms with Crippen molar-refractivity contribution in [1.29, 1.82) is 0 Å². The highest BCUT2D eigenvalue weighted by Gasteiger charge is 2.24. The van der Waals surface area contributed by atoms with Crippen molar-refractivity contribution in [3.8, 4) is 11.8 Å². The predicted molar refractivity (Wildman–Crippen MR) is 84.6 cm³/mol. The van der Waals surface area contributed by atoms with Crippen LogP contribution in [-0.4, -0.2) is 28.1 Å². The van der Waals surface area contributed by atoms with Gasteiger partial charge in [0.15, 0.2) is 11.5 Å². The van der Waals surface area contributed by atoms with Gasteiger partial charge in [0.05, 0.1) is 0 Å². The van der Waals surface area contributed by atoms with E-state index in [1.807, 2.05) is 0 Å². The molecule has 1 N–H and O–H groups in total. The summed E-state index contributed by atoms with van der Waals surface area (Å²) in [5.41, 5.74) is 0.136. The number of hydrogen-bond donors (Lipinski definition) is 1. The molecular weight excluding hydrogens is 298 g/mol. The molecule has 0 saturated carbocycles. The van der Waals surface area contributed by atoms with Crippen LogP contribution in [0.4, 0.5) is 0 Å². The highest BCUT2D eigenvalue weighted by Crippen LogP contribution is 2.25. The van der Waals surface area contributed by atoms with E-state index in [0.717, 1.165) is 6.42 Å². The molecule has 0 atom stereocenters. The number of amides is 1. The first kappa shape index (κ1) is 14.9.